The van der Waals surface area contributed by atoms with Crippen LogP contribution >= 0.6 is 0 Å². The van der Waals surface area contributed by atoms with E-state index in [4.69, 9.17) is 4.74 Å². The highest BCUT2D eigenvalue weighted by Crippen LogP contribution is 2.31. The molecule has 0 spiro atoms. The van der Waals surface area contributed by atoms with Gasteiger partial charge < -0.3 is 10.1 Å². The smallest absolute Gasteiger partial charge is 0.241 e. The van der Waals surface area contributed by atoms with E-state index in [1.165, 1.54) is 5.56 Å². The molecule has 0 aliphatic rings. The first kappa shape index (κ1) is 26.8. The molecule has 0 heterocycles. The summed E-state index contributed by atoms with van der Waals surface area (Å²) in [4.78, 5) is 0.282. The lowest BCUT2D eigenvalue weighted by Gasteiger charge is -2.30. The number of ether oxygens (including phenoxy) is 1. The molecule has 37 heavy (non-hydrogen) atoms. The minimum absolute atomic E-state index is 0.282. The summed E-state index contributed by atoms with van der Waals surface area (Å²) in [6.07, 6.45) is 0. The van der Waals surface area contributed by atoms with E-state index in [2.05, 4.69) is 41.2 Å². The Labute approximate surface area is 220 Å². The highest BCUT2D eigenvalue weighted by atomic mass is 32.2. The SMILES string of the molecule is Cc1ccc(COCCN[C@H](c2ccccc2)[C@H](NS(=O)(=O)c2ccccc2C)c2ccccc2)cc1. The van der Waals surface area contributed by atoms with Crippen molar-refractivity contribution in [1.29, 1.82) is 0 Å². The largest absolute Gasteiger partial charge is 0.375 e. The van der Waals surface area contributed by atoms with E-state index in [9.17, 15) is 8.42 Å². The van der Waals surface area contributed by atoms with E-state index in [0.29, 0.717) is 25.3 Å². The Balaban J connectivity index is 1.56. The van der Waals surface area contributed by atoms with Gasteiger partial charge in [0.2, 0.25) is 10.0 Å². The molecular formula is C31H34N2O3S. The van der Waals surface area contributed by atoms with Crippen LogP contribution in [-0.4, -0.2) is 21.6 Å². The van der Waals surface area contributed by atoms with Gasteiger partial charge in [0.25, 0.3) is 0 Å². The van der Waals surface area contributed by atoms with Crippen molar-refractivity contribution >= 4 is 10.0 Å². The van der Waals surface area contributed by atoms with Crippen LogP contribution in [0.1, 0.15) is 39.9 Å². The number of sulfonamides is 1. The number of aryl methyl sites for hydroxylation is 2. The van der Waals surface area contributed by atoms with E-state index >= 15 is 0 Å². The highest BCUT2D eigenvalue weighted by Gasteiger charge is 2.30. The lowest BCUT2D eigenvalue weighted by molar-refractivity contribution is 0.119. The maximum Gasteiger partial charge on any atom is 0.241 e. The van der Waals surface area contributed by atoms with E-state index in [0.717, 1.165) is 16.7 Å². The van der Waals surface area contributed by atoms with Crippen LogP contribution in [0.5, 0.6) is 0 Å². The number of rotatable bonds is 12. The van der Waals surface area contributed by atoms with Gasteiger partial charge in [0.15, 0.2) is 0 Å². The fourth-order valence-electron chi connectivity index (χ4n) is 4.33. The lowest BCUT2D eigenvalue weighted by Crippen LogP contribution is -2.39. The summed E-state index contributed by atoms with van der Waals surface area (Å²) in [5.74, 6) is 0. The third kappa shape index (κ3) is 7.37. The van der Waals surface area contributed by atoms with Crippen molar-refractivity contribution in [2.45, 2.75) is 37.4 Å². The Morgan fingerprint density at radius 2 is 1.27 bits per heavy atom. The molecule has 0 aliphatic carbocycles. The van der Waals surface area contributed by atoms with Crippen LogP contribution in [0.25, 0.3) is 0 Å². The van der Waals surface area contributed by atoms with Crippen molar-refractivity contribution < 1.29 is 13.2 Å². The van der Waals surface area contributed by atoms with Gasteiger partial charge in [0.05, 0.1) is 30.2 Å². The molecular weight excluding hydrogens is 480 g/mol. The zero-order valence-corrected chi connectivity index (χ0v) is 22.1. The molecule has 0 fully saturated rings. The molecule has 0 saturated heterocycles. The molecule has 0 bridgehead atoms. The number of hydrogen-bond acceptors (Lipinski definition) is 4. The molecule has 2 atom stereocenters. The minimum atomic E-state index is -3.79. The van der Waals surface area contributed by atoms with Crippen molar-refractivity contribution in [1.82, 2.24) is 10.0 Å². The molecule has 5 nitrogen and oxygen atoms in total. The number of hydrogen-bond donors (Lipinski definition) is 2. The second kappa shape index (κ2) is 12.8. The number of benzene rings is 4. The molecule has 2 N–H and O–H groups in total. The van der Waals surface area contributed by atoms with E-state index < -0.39 is 16.1 Å². The summed E-state index contributed by atoms with van der Waals surface area (Å²) < 4.78 is 36.1. The average Bonchev–Trinajstić information content (AvgIpc) is 2.92. The molecule has 4 aromatic carbocycles. The van der Waals surface area contributed by atoms with Crippen molar-refractivity contribution in [3.63, 3.8) is 0 Å². The monoisotopic (exact) mass is 514 g/mol. The molecule has 4 aromatic rings. The minimum Gasteiger partial charge on any atom is -0.375 e. The summed E-state index contributed by atoms with van der Waals surface area (Å²) in [6.45, 7) is 5.45. The van der Waals surface area contributed by atoms with Crippen LogP contribution in [-0.2, 0) is 21.4 Å². The average molecular weight is 515 g/mol. The molecule has 0 unspecified atom stereocenters. The molecule has 6 heteroatoms. The normalized spacial score (nSPS) is 13.2. The predicted octanol–water partition coefficient (Wildman–Crippen LogP) is 5.87. The molecule has 0 aromatic heterocycles. The van der Waals surface area contributed by atoms with Gasteiger partial charge in [-0.3, -0.25) is 0 Å². The van der Waals surface area contributed by atoms with Gasteiger partial charge >= 0.3 is 0 Å². The third-order valence-corrected chi connectivity index (χ3v) is 7.92. The van der Waals surface area contributed by atoms with Crippen LogP contribution < -0.4 is 10.0 Å². The Hall–Kier alpha value is -3.29. The fraction of sp³-hybridized carbons (Fsp3) is 0.226. The molecule has 0 radical (unpaired) electrons. The zero-order chi connectivity index (χ0) is 26.1. The maximum atomic E-state index is 13.6. The molecule has 0 saturated carbocycles. The first-order valence-corrected chi connectivity index (χ1v) is 14.0. The predicted molar refractivity (Wildman–Crippen MR) is 149 cm³/mol. The summed E-state index contributed by atoms with van der Waals surface area (Å²) in [7, 11) is -3.79. The Bertz CT molecular complexity index is 1360. The van der Waals surface area contributed by atoms with Gasteiger partial charge in [-0.1, -0.05) is 109 Å². The van der Waals surface area contributed by atoms with Crippen molar-refractivity contribution in [3.05, 3.63) is 137 Å². The summed E-state index contributed by atoms with van der Waals surface area (Å²) >= 11 is 0. The van der Waals surface area contributed by atoms with Crippen molar-refractivity contribution in [3.8, 4) is 0 Å². The molecule has 4 rings (SSSR count). The zero-order valence-electron chi connectivity index (χ0n) is 21.3. The van der Waals surface area contributed by atoms with Crippen LogP contribution in [0.15, 0.2) is 114 Å². The van der Waals surface area contributed by atoms with Crippen LogP contribution in [0.4, 0.5) is 0 Å². The Morgan fingerprint density at radius 3 is 1.89 bits per heavy atom. The summed E-state index contributed by atoms with van der Waals surface area (Å²) in [6, 6.07) is 34.1. The van der Waals surface area contributed by atoms with Gasteiger partial charge in [-0.25, -0.2) is 13.1 Å². The fourth-order valence-corrected chi connectivity index (χ4v) is 5.81. The van der Waals surface area contributed by atoms with Gasteiger partial charge in [0.1, 0.15) is 0 Å². The Morgan fingerprint density at radius 1 is 0.703 bits per heavy atom. The number of nitrogens with one attached hydrogen (secondary N) is 2. The van der Waals surface area contributed by atoms with Gasteiger partial charge in [-0.05, 0) is 42.2 Å². The van der Waals surface area contributed by atoms with E-state index in [-0.39, 0.29) is 10.9 Å². The van der Waals surface area contributed by atoms with Crippen LogP contribution in [0, 0.1) is 13.8 Å². The topological polar surface area (TPSA) is 67.4 Å². The molecule has 0 amide bonds. The Kier molecular flexibility index (Phi) is 9.25. The second-order valence-electron chi connectivity index (χ2n) is 9.16. The van der Waals surface area contributed by atoms with Crippen LogP contribution in [0.3, 0.4) is 0 Å². The van der Waals surface area contributed by atoms with E-state index in [1.807, 2.05) is 79.7 Å². The van der Waals surface area contributed by atoms with Crippen molar-refractivity contribution in [2.75, 3.05) is 13.2 Å². The third-order valence-electron chi connectivity index (χ3n) is 6.32. The lowest BCUT2D eigenvalue weighted by atomic mass is 9.94. The second-order valence-corrected chi connectivity index (χ2v) is 10.8. The van der Waals surface area contributed by atoms with Crippen LogP contribution in [0.2, 0.25) is 0 Å². The quantitative estimate of drug-likeness (QED) is 0.232. The first-order valence-electron chi connectivity index (χ1n) is 12.5. The molecule has 192 valence electrons. The van der Waals surface area contributed by atoms with Gasteiger partial charge in [-0.15, -0.1) is 0 Å². The van der Waals surface area contributed by atoms with E-state index in [1.54, 1.807) is 12.1 Å². The maximum absolute atomic E-state index is 13.6. The summed E-state index contributed by atoms with van der Waals surface area (Å²) in [5.41, 5.74) is 4.91. The van der Waals surface area contributed by atoms with Gasteiger partial charge in [-0.2, -0.15) is 0 Å². The van der Waals surface area contributed by atoms with Crippen molar-refractivity contribution in [2.24, 2.45) is 0 Å². The first-order chi connectivity index (χ1) is 17.9. The van der Waals surface area contributed by atoms with Gasteiger partial charge in [0, 0.05) is 6.54 Å². The highest BCUT2D eigenvalue weighted by molar-refractivity contribution is 7.89. The standard InChI is InChI=1S/C31H34N2O3S/c1-24-17-19-26(20-18-24)23-36-22-21-32-30(27-12-5-3-6-13-27)31(28-14-7-4-8-15-28)33-37(34,35)29-16-10-9-11-25(29)2/h3-20,30-33H,21-23H2,1-2H3/t30-,31-/m1/s1. The summed E-state index contributed by atoms with van der Waals surface area (Å²) in [5, 5.41) is 3.57. The molecule has 0 aliphatic heterocycles.